The van der Waals surface area contributed by atoms with Crippen molar-refractivity contribution in [2.75, 3.05) is 0 Å². The average molecular weight is 276 g/mol. The number of aromatic nitrogens is 2. The molecule has 2 heterocycles. The van der Waals surface area contributed by atoms with Crippen LogP contribution < -0.4 is 5.32 Å². The van der Waals surface area contributed by atoms with Crippen LogP contribution in [0, 0.1) is 30.9 Å². The Balaban J connectivity index is 2.06. The Kier molecular flexibility index (Phi) is 4.09. The molecule has 2 aromatic heterocycles. The number of rotatable bonds is 5. The number of hydrogen-bond donors (Lipinski definition) is 1. The highest BCUT2D eigenvalue weighted by atomic mass is 16.6. The second-order valence-electron chi connectivity index (χ2n) is 4.65. The van der Waals surface area contributed by atoms with Crippen molar-refractivity contribution in [3.63, 3.8) is 0 Å². The predicted octanol–water partition coefficient (Wildman–Crippen LogP) is 2.19. The van der Waals surface area contributed by atoms with Crippen LogP contribution >= 0.6 is 0 Å². The van der Waals surface area contributed by atoms with Crippen molar-refractivity contribution in [1.82, 2.24) is 15.5 Å². The first-order valence-electron chi connectivity index (χ1n) is 6.21. The van der Waals surface area contributed by atoms with Gasteiger partial charge in [0.1, 0.15) is 5.76 Å². The van der Waals surface area contributed by atoms with Gasteiger partial charge in [-0.25, -0.2) is 0 Å². The van der Waals surface area contributed by atoms with Gasteiger partial charge in [-0.15, -0.1) is 0 Å². The molecule has 1 N–H and O–H groups in total. The van der Waals surface area contributed by atoms with Gasteiger partial charge in [0.25, 0.3) is 5.69 Å². The van der Waals surface area contributed by atoms with Crippen LogP contribution in [0.4, 0.5) is 5.69 Å². The Labute approximate surface area is 116 Å². The standard InChI is InChI=1S/C13H16N4O3/c1-8-5-15-12(10(3)13(8)17(18)19)7-14-6-11-4-9(2)20-16-11/h4-5,14H,6-7H2,1-3H3. The third-order valence-electron chi connectivity index (χ3n) is 3.03. The fourth-order valence-corrected chi connectivity index (χ4v) is 2.03. The maximum Gasteiger partial charge on any atom is 0.278 e. The third-order valence-corrected chi connectivity index (χ3v) is 3.03. The van der Waals surface area contributed by atoms with Gasteiger partial charge in [-0.1, -0.05) is 5.16 Å². The van der Waals surface area contributed by atoms with Crippen LogP contribution in [-0.4, -0.2) is 15.1 Å². The second-order valence-corrected chi connectivity index (χ2v) is 4.65. The first kappa shape index (κ1) is 14.1. The van der Waals surface area contributed by atoms with Gasteiger partial charge in [0.05, 0.1) is 16.3 Å². The lowest BCUT2D eigenvalue weighted by molar-refractivity contribution is -0.386. The Hall–Kier alpha value is -2.28. The number of nitro groups is 1. The molecule has 2 aromatic rings. The van der Waals surface area contributed by atoms with E-state index in [0.29, 0.717) is 29.9 Å². The van der Waals surface area contributed by atoms with Crippen molar-refractivity contribution in [3.05, 3.63) is 50.7 Å². The maximum atomic E-state index is 11.0. The van der Waals surface area contributed by atoms with Gasteiger partial charge in [-0.05, 0) is 20.8 Å². The minimum atomic E-state index is -0.364. The molecule has 0 radical (unpaired) electrons. The van der Waals surface area contributed by atoms with Crippen LogP contribution in [0.2, 0.25) is 0 Å². The molecule has 106 valence electrons. The van der Waals surface area contributed by atoms with E-state index in [1.54, 1.807) is 13.8 Å². The molecule has 0 saturated carbocycles. The first-order chi connectivity index (χ1) is 9.49. The van der Waals surface area contributed by atoms with E-state index in [-0.39, 0.29) is 10.6 Å². The molecule has 0 spiro atoms. The minimum absolute atomic E-state index is 0.133. The smallest absolute Gasteiger partial charge is 0.278 e. The molecule has 2 rings (SSSR count). The van der Waals surface area contributed by atoms with Crippen molar-refractivity contribution in [1.29, 1.82) is 0 Å². The Morgan fingerprint density at radius 2 is 2.10 bits per heavy atom. The highest BCUT2D eigenvalue weighted by molar-refractivity contribution is 5.47. The SMILES string of the molecule is Cc1cc(CNCc2ncc(C)c([N+](=O)[O-])c2C)no1. The lowest BCUT2D eigenvalue weighted by Crippen LogP contribution is -2.15. The van der Waals surface area contributed by atoms with E-state index in [0.717, 1.165) is 11.5 Å². The zero-order valence-corrected chi connectivity index (χ0v) is 11.6. The van der Waals surface area contributed by atoms with Crippen molar-refractivity contribution in [3.8, 4) is 0 Å². The molecule has 0 aliphatic rings. The highest BCUT2D eigenvalue weighted by Crippen LogP contribution is 2.23. The summed E-state index contributed by atoms with van der Waals surface area (Å²) in [5, 5.41) is 18.0. The van der Waals surface area contributed by atoms with Gasteiger partial charge in [0.2, 0.25) is 0 Å². The lowest BCUT2D eigenvalue weighted by atomic mass is 10.1. The van der Waals surface area contributed by atoms with Gasteiger partial charge < -0.3 is 9.84 Å². The molecule has 0 aromatic carbocycles. The lowest BCUT2D eigenvalue weighted by Gasteiger charge is -2.07. The van der Waals surface area contributed by atoms with Gasteiger partial charge in [0, 0.05) is 36.5 Å². The first-order valence-corrected chi connectivity index (χ1v) is 6.21. The van der Waals surface area contributed by atoms with Crippen LogP contribution in [0.25, 0.3) is 0 Å². The molecule has 0 fully saturated rings. The number of nitrogens with zero attached hydrogens (tertiary/aromatic N) is 3. The summed E-state index contributed by atoms with van der Waals surface area (Å²) in [5.74, 6) is 0.752. The van der Waals surface area contributed by atoms with E-state index in [4.69, 9.17) is 4.52 Å². The second kappa shape index (κ2) is 5.79. The summed E-state index contributed by atoms with van der Waals surface area (Å²) in [6.45, 7) is 6.20. The molecular weight excluding hydrogens is 260 g/mol. The molecule has 0 unspecified atom stereocenters. The monoisotopic (exact) mass is 276 g/mol. The van der Waals surface area contributed by atoms with Gasteiger partial charge in [-0.3, -0.25) is 15.1 Å². The number of nitrogens with one attached hydrogen (secondary N) is 1. The van der Waals surface area contributed by atoms with E-state index in [2.05, 4.69) is 15.5 Å². The average Bonchev–Trinajstić information content (AvgIpc) is 2.77. The molecule has 0 saturated heterocycles. The molecule has 20 heavy (non-hydrogen) atoms. The van der Waals surface area contributed by atoms with Crippen LogP contribution in [0.15, 0.2) is 16.8 Å². The summed E-state index contributed by atoms with van der Waals surface area (Å²) in [7, 11) is 0. The third kappa shape index (κ3) is 3.00. The molecule has 7 heteroatoms. The molecule has 0 aliphatic carbocycles. The van der Waals surface area contributed by atoms with Crippen LogP contribution in [0.3, 0.4) is 0 Å². The van der Waals surface area contributed by atoms with E-state index >= 15 is 0 Å². The van der Waals surface area contributed by atoms with Crippen LogP contribution in [-0.2, 0) is 13.1 Å². The summed E-state index contributed by atoms with van der Waals surface area (Å²) in [5.41, 5.74) is 2.76. The summed E-state index contributed by atoms with van der Waals surface area (Å²) in [4.78, 5) is 14.9. The highest BCUT2D eigenvalue weighted by Gasteiger charge is 2.18. The van der Waals surface area contributed by atoms with Gasteiger partial charge in [0.15, 0.2) is 0 Å². The van der Waals surface area contributed by atoms with Crippen molar-refractivity contribution < 1.29 is 9.45 Å². The summed E-state index contributed by atoms with van der Waals surface area (Å²) >= 11 is 0. The van der Waals surface area contributed by atoms with Crippen LogP contribution in [0.5, 0.6) is 0 Å². The van der Waals surface area contributed by atoms with Crippen molar-refractivity contribution in [2.45, 2.75) is 33.9 Å². The topological polar surface area (TPSA) is 94.1 Å². The normalized spacial score (nSPS) is 10.8. The Morgan fingerprint density at radius 3 is 2.70 bits per heavy atom. The molecule has 7 nitrogen and oxygen atoms in total. The van der Waals surface area contributed by atoms with Crippen LogP contribution in [0.1, 0.15) is 28.3 Å². The minimum Gasteiger partial charge on any atom is -0.361 e. The molecule has 0 aliphatic heterocycles. The zero-order chi connectivity index (χ0) is 14.7. The molecule has 0 atom stereocenters. The zero-order valence-electron chi connectivity index (χ0n) is 11.6. The largest absolute Gasteiger partial charge is 0.361 e. The fraction of sp³-hybridized carbons (Fsp3) is 0.385. The van der Waals surface area contributed by atoms with Gasteiger partial charge in [-0.2, -0.15) is 0 Å². The predicted molar refractivity (Wildman–Crippen MR) is 72.1 cm³/mol. The maximum absolute atomic E-state index is 11.0. The van der Waals surface area contributed by atoms with E-state index < -0.39 is 0 Å². The van der Waals surface area contributed by atoms with Crippen molar-refractivity contribution in [2.24, 2.45) is 0 Å². The number of pyridine rings is 1. The van der Waals surface area contributed by atoms with E-state index in [1.807, 2.05) is 13.0 Å². The number of hydrogen-bond acceptors (Lipinski definition) is 6. The fourth-order valence-electron chi connectivity index (χ4n) is 2.03. The summed E-state index contributed by atoms with van der Waals surface area (Å²) < 4.78 is 4.96. The Bertz CT molecular complexity index is 637. The number of aryl methyl sites for hydroxylation is 2. The molecule has 0 amide bonds. The summed E-state index contributed by atoms with van der Waals surface area (Å²) in [6, 6.07) is 1.84. The van der Waals surface area contributed by atoms with E-state index in [9.17, 15) is 10.1 Å². The molecular formula is C13H16N4O3. The Morgan fingerprint density at radius 1 is 1.35 bits per heavy atom. The molecule has 0 bridgehead atoms. The quantitative estimate of drug-likeness (QED) is 0.664. The van der Waals surface area contributed by atoms with Gasteiger partial charge >= 0.3 is 0 Å². The van der Waals surface area contributed by atoms with E-state index in [1.165, 1.54) is 6.20 Å². The summed E-state index contributed by atoms with van der Waals surface area (Å²) in [6.07, 6.45) is 1.53. The van der Waals surface area contributed by atoms with Crippen molar-refractivity contribution >= 4 is 5.69 Å².